The molecule has 1 saturated carbocycles. The van der Waals surface area contributed by atoms with Gasteiger partial charge in [0.05, 0.1) is 5.56 Å². The molecular weight excluding hydrogens is 226 g/mol. The van der Waals surface area contributed by atoms with Gasteiger partial charge in [0, 0.05) is 24.5 Å². The summed E-state index contributed by atoms with van der Waals surface area (Å²) in [5, 5.41) is 6.17. The largest absolute Gasteiger partial charge is 0.399 e. The summed E-state index contributed by atoms with van der Waals surface area (Å²) >= 11 is 0. The molecule has 0 heterocycles. The van der Waals surface area contributed by atoms with Gasteiger partial charge in [-0.3, -0.25) is 4.79 Å². The Morgan fingerprint density at radius 3 is 2.78 bits per heavy atom. The molecule has 4 heteroatoms. The van der Waals surface area contributed by atoms with E-state index in [1.807, 2.05) is 13.0 Å². The number of hydrogen-bond acceptors (Lipinski definition) is 3. The summed E-state index contributed by atoms with van der Waals surface area (Å²) in [6.07, 6.45) is 2.50. The third-order valence-electron chi connectivity index (χ3n) is 3.43. The Morgan fingerprint density at radius 1 is 1.44 bits per heavy atom. The molecule has 0 atom stereocenters. The van der Waals surface area contributed by atoms with Crippen molar-refractivity contribution in [1.82, 2.24) is 5.32 Å². The second kappa shape index (κ2) is 4.88. The molecule has 0 aromatic heterocycles. The van der Waals surface area contributed by atoms with E-state index in [0.29, 0.717) is 23.2 Å². The molecule has 1 aromatic carbocycles. The molecule has 2 rings (SSSR count). The highest BCUT2D eigenvalue weighted by molar-refractivity contribution is 6.00. The zero-order valence-electron chi connectivity index (χ0n) is 11.0. The number of hydrogen-bond donors (Lipinski definition) is 3. The normalized spacial score (nSPS) is 16.1. The van der Waals surface area contributed by atoms with Crippen LogP contribution < -0.4 is 16.4 Å². The second-order valence-electron chi connectivity index (χ2n) is 5.33. The van der Waals surface area contributed by atoms with Gasteiger partial charge in [0.25, 0.3) is 5.91 Å². The monoisotopic (exact) mass is 247 g/mol. The third kappa shape index (κ3) is 2.94. The predicted octanol–water partition coefficient (Wildman–Crippen LogP) is 2.23. The van der Waals surface area contributed by atoms with Crippen LogP contribution in [0.5, 0.6) is 0 Å². The molecule has 18 heavy (non-hydrogen) atoms. The van der Waals surface area contributed by atoms with Gasteiger partial charge in [0.1, 0.15) is 0 Å². The van der Waals surface area contributed by atoms with Crippen LogP contribution in [-0.4, -0.2) is 19.0 Å². The van der Waals surface area contributed by atoms with Crippen LogP contribution in [0.1, 0.15) is 37.0 Å². The number of nitrogens with two attached hydrogens (primary N) is 1. The van der Waals surface area contributed by atoms with Crippen LogP contribution in [0.3, 0.4) is 0 Å². The Morgan fingerprint density at radius 2 is 2.17 bits per heavy atom. The molecule has 0 bridgehead atoms. The van der Waals surface area contributed by atoms with Crippen molar-refractivity contribution in [2.75, 3.05) is 24.1 Å². The molecular formula is C14H21N3O. The quantitative estimate of drug-likeness (QED) is 0.699. The summed E-state index contributed by atoms with van der Waals surface area (Å²) in [5.41, 5.74) is 8.34. The Balaban J connectivity index is 2.14. The minimum atomic E-state index is -0.0547. The van der Waals surface area contributed by atoms with Crippen molar-refractivity contribution in [3.63, 3.8) is 0 Å². The van der Waals surface area contributed by atoms with Gasteiger partial charge in [0.15, 0.2) is 0 Å². The van der Waals surface area contributed by atoms with Crippen molar-refractivity contribution in [3.8, 4) is 0 Å². The first-order valence-corrected chi connectivity index (χ1v) is 6.46. The van der Waals surface area contributed by atoms with Crippen molar-refractivity contribution in [2.24, 2.45) is 5.41 Å². The molecule has 0 aliphatic heterocycles. The predicted molar refractivity (Wildman–Crippen MR) is 74.7 cm³/mol. The van der Waals surface area contributed by atoms with E-state index < -0.39 is 0 Å². The van der Waals surface area contributed by atoms with Crippen LogP contribution in [0.15, 0.2) is 18.2 Å². The van der Waals surface area contributed by atoms with Gasteiger partial charge in [-0.1, -0.05) is 6.92 Å². The Bertz CT molecular complexity index is 452. The van der Waals surface area contributed by atoms with Crippen molar-refractivity contribution in [2.45, 2.75) is 26.7 Å². The van der Waals surface area contributed by atoms with Crippen LogP contribution in [0.25, 0.3) is 0 Å². The smallest absolute Gasteiger partial charge is 0.253 e. The highest BCUT2D eigenvalue weighted by atomic mass is 16.1. The fourth-order valence-electron chi connectivity index (χ4n) is 1.86. The second-order valence-corrected chi connectivity index (χ2v) is 5.33. The van der Waals surface area contributed by atoms with Crippen LogP contribution in [0, 0.1) is 5.41 Å². The van der Waals surface area contributed by atoms with Gasteiger partial charge < -0.3 is 16.4 Å². The number of carbonyl (C=O) groups excluding carboxylic acids is 1. The van der Waals surface area contributed by atoms with Crippen LogP contribution in [-0.2, 0) is 0 Å². The maximum atomic E-state index is 11.9. The number of benzene rings is 1. The van der Waals surface area contributed by atoms with E-state index in [1.165, 1.54) is 12.8 Å². The lowest BCUT2D eigenvalue weighted by Crippen LogP contribution is -2.24. The van der Waals surface area contributed by atoms with Gasteiger partial charge in [-0.15, -0.1) is 0 Å². The first-order valence-electron chi connectivity index (χ1n) is 6.46. The molecule has 0 radical (unpaired) electrons. The number of carbonyl (C=O) groups is 1. The van der Waals surface area contributed by atoms with Gasteiger partial charge in [-0.2, -0.15) is 0 Å². The summed E-state index contributed by atoms with van der Waals surface area (Å²) in [6.45, 7) is 5.68. The van der Waals surface area contributed by atoms with Crippen molar-refractivity contribution in [1.29, 1.82) is 0 Å². The first-order chi connectivity index (χ1) is 8.54. The lowest BCUT2D eigenvalue weighted by Gasteiger charge is -2.15. The molecule has 4 nitrogen and oxygen atoms in total. The average molecular weight is 247 g/mol. The fraction of sp³-hybridized carbons (Fsp3) is 0.500. The van der Waals surface area contributed by atoms with Crippen LogP contribution >= 0.6 is 0 Å². The van der Waals surface area contributed by atoms with Gasteiger partial charge in [-0.25, -0.2) is 0 Å². The first kappa shape index (κ1) is 12.7. The van der Waals surface area contributed by atoms with E-state index in [-0.39, 0.29) is 5.91 Å². The maximum Gasteiger partial charge on any atom is 0.253 e. The fourth-order valence-corrected chi connectivity index (χ4v) is 1.86. The molecule has 1 aliphatic carbocycles. The van der Waals surface area contributed by atoms with Gasteiger partial charge >= 0.3 is 0 Å². The Labute approximate surface area is 108 Å². The standard InChI is InChI=1S/C14H21N3O/c1-3-16-13(18)11-5-4-10(15)8-12(11)17-9-14(2)6-7-14/h4-5,8,17H,3,6-7,9,15H2,1-2H3,(H,16,18). The lowest BCUT2D eigenvalue weighted by atomic mass is 10.1. The minimum absolute atomic E-state index is 0.0547. The molecule has 0 saturated heterocycles. The van der Waals surface area contributed by atoms with E-state index in [1.54, 1.807) is 12.1 Å². The molecule has 1 aromatic rings. The molecule has 1 fully saturated rings. The highest BCUT2D eigenvalue weighted by Crippen LogP contribution is 2.44. The van der Waals surface area contributed by atoms with E-state index in [2.05, 4.69) is 17.6 Å². The highest BCUT2D eigenvalue weighted by Gasteiger charge is 2.36. The number of nitrogens with one attached hydrogen (secondary N) is 2. The summed E-state index contributed by atoms with van der Waals surface area (Å²) in [7, 11) is 0. The van der Waals surface area contributed by atoms with E-state index >= 15 is 0 Å². The lowest BCUT2D eigenvalue weighted by molar-refractivity contribution is 0.0956. The number of amides is 1. The average Bonchev–Trinajstić information content (AvgIpc) is 3.06. The molecule has 0 spiro atoms. The summed E-state index contributed by atoms with van der Waals surface area (Å²) in [4.78, 5) is 11.9. The Hall–Kier alpha value is -1.71. The van der Waals surface area contributed by atoms with Crippen molar-refractivity contribution >= 4 is 17.3 Å². The SMILES string of the molecule is CCNC(=O)c1ccc(N)cc1NCC1(C)CC1. The van der Waals surface area contributed by atoms with Crippen molar-refractivity contribution in [3.05, 3.63) is 23.8 Å². The number of nitrogen functional groups attached to an aromatic ring is 1. The van der Waals surface area contributed by atoms with E-state index in [9.17, 15) is 4.79 Å². The van der Waals surface area contributed by atoms with Gasteiger partial charge in [0.2, 0.25) is 0 Å². The summed E-state index contributed by atoms with van der Waals surface area (Å²) in [5.74, 6) is -0.0547. The van der Waals surface area contributed by atoms with Crippen molar-refractivity contribution < 1.29 is 4.79 Å². The molecule has 1 amide bonds. The summed E-state index contributed by atoms with van der Waals surface area (Å²) in [6, 6.07) is 5.36. The molecule has 4 N–H and O–H groups in total. The number of anilines is 2. The topological polar surface area (TPSA) is 67.2 Å². The molecule has 1 aliphatic rings. The molecule has 0 unspecified atom stereocenters. The zero-order chi connectivity index (χ0) is 13.2. The minimum Gasteiger partial charge on any atom is -0.399 e. The van der Waals surface area contributed by atoms with Gasteiger partial charge in [-0.05, 0) is 43.4 Å². The van der Waals surface area contributed by atoms with E-state index in [4.69, 9.17) is 5.73 Å². The Kier molecular flexibility index (Phi) is 3.45. The summed E-state index contributed by atoms with van der Waals surface area (Å²) < 4.78 is 0. The zero-order valence-corrected chi connectivity index (χ0v) is 11.0. The van der Waals surface area contributed by atoms with E-state index in [0.717, 1.165) is 12.2 Å². The van der Waals surface area contributed by atoms with Crippen LogP contribution in [0.2, 0.25) is 0 Å². The third-order valence-corrected chi connectivity index (χ3v) is 3.43. The van der Waals surface area contributed by atoms with Crippen LogP contribution in [0.4, 0.5) is 11.4 Å². The number of rotatable bonds is 5. The maximum absolute atomic E-state index is 11.9. The molecule has 98 valence electrons.